The molecule has 0 saturated heterocycles. The number of hydrogen-bond acceptors (Lipinski definition) is 2. The molecule has 114 valence electrons. The summed E-state index contributed by atoms with van der Waals surface area (Å²) < 4.78 is 10.9. The van der Waals surface area contributed by atoms with Crippen molar-refractivity contribution in [3.63, 3.8) is 0 Å². The molecule has 0 bridgehead atoms. The average molecular weight is 288 g/mol. The second-order valence-corrected chi connectivity index (χ2v) is 6.26. The molecule has 0 amide bonds. The summed E-state index contributed by atoms with van der Waals surface area (Å²) in [5.41, 5.74) is 2.86. The minimum atomic E-state index is 0.858. The lowest BCUT2D eigenvalue weighted by atomic mass is 9.92. The Kier molecular flexibility index (Phi) is 4.49. The highest BCUT2D eigenvalue weighted by Crippen LogP contribution is 2.31. The first-order chi connectivity index (χ1) is 10.3. The van der Waals surface area contributed by atoms with Crippen molar-refractivity contribution in [3.05, 3.63) is 35.4 Å². The molecule has 0 saturated carbocycles. The molecular weight excluding hydrogens is 262 g/mol. The molecule has 1 aliphatic heterocycles. The number of hydrogen-bond donors (Lipinski definition) is 1. The van der Waals surface area contributed by atoms with E-state index in [1.54, 1.807) is 19.1 Å². The molecule has 3 heteroatoms. The highest BCUT2D eigenvalue weighted by atomic mass is 16.5. The molecular formula is C18H26NO2+. The van der Waals surface area contributed by atoms with E-state index in [2.05, 4.69) is 24.3 Å². The van der Waals surface area contributed by atoms with Crippen molar-refractivity contribution in [3.8, 4) is 11.5 Å². The Hall–Kier alpha value is -1.48. The maximum absolute atomic E-state index is 5.44. The van der Waals surface area contributed by atoms with Crippen LogP contribution in [0.2, 0.25) is 0 Å². The Morgan fingerprint density at radius 3 is 2.52 bits per heavy atom. The van der Waals surface area contributed by atoms with Crippen LogP contribution in [0.25, 0.3) is 0 Å². The molecule has 1 N–H and O–H groups in total. The van der Waals surface area contributed by atoms with E-state index in [0.29, 0.717) is 0 Å². The first-order valence-electron chi connectivity index (χ1n) is 8.02. The number of fused-ring (bicyclic) bond motifs is 1. The van der Waals surface area contributed by atoms with Crippen LogP contribution in [0.15, 0.2) is 24.3 Å². The summed E-state index contributed by atoms with van der Waals surface area (Å²) in [5, 5.41) is 0. The van der Waals surface area contributed by atoms with Crippen LogP contribution in [-0.4, -0.2) is 27.3 Å². The number of rotatable bonds is 4. The molecule has 0 radical (unpaired) electrons. The highest BCUT2D eigenvalue weighted by Gasteiger charge is 2.24. The Labute approximate surface area is 127 Å². The Bertz CT molecular complexity index is 524. The second-order valence-electron chi connectivity index (χ2n) is 6.26. The lowest BCUT2D eigenvalue weighted by Crippen LogP contribution is -3.12. The zero-order chi connectivity index (χ0) is 14.7. The van der Waals surface area contributed by atoms with Crippen molar-refractivity contribution in [1.29, 1.82) is 0 Å². The molecule has 1 aliphatic carbocycles. The van der Waals surface area contributed by atoms with Gasteiger partial charge in [-0.25, -0.2) is 0 Å². The molecule has 1 aromatic carbocycles. The zero-order valence-electron chi connectivity index (χ0n) is 13.2. The fraction of sp³-hybridized carbons (Fsp3) is 0.556. The predicted molar refractivity (Wildman–Crippen MR) is 84.1 cm³/mol. The van der Waals surface area contributed by atoms with Gasteiger partial charge in [0.25, 0.3) is 0 Å². The van der Waals surface area contributed by atoms with Crippen molar-refractivity contribution >= 4 is 0 Å². The molecule has 3 rings (SSSR count). The molecule has 0 aromatic heterocycles. The third-order valence-corrected chi connectivity index (χ3v) is 4.85. The van der Waals surface area contributed by atoms with Crippen LogP contribution in [0.3, 0.4) is 0 Å². The standard InChI is InChI=1S/C18H25NO2/c1-20-17-10-15-8-9-19(12-14-6-4-3-5-7-14)13-16(15)11-18(17)21-2/h3-4,10-11,14H,5-9,12-13H2,1-2H3/p+1/t14-/m1/s1. The number of methoxy groups -OCH3 is 2. The Balaban J connectivity index is 1.71. The van der Waals surface area contributed by atoms with Gasteiger partial charge in [-0.15, -0.1) is 0 Å². The second kappa shape index (κ2) is 6.52. The number of ether oxygens (including phenoxy) is 2. The lowest BCUT2D eigenvalue weighted by molar-refractivity contribution is -0.919. The topological polar surface area (TPSA) is 22.9 Å². The molecule has 2 atom stereocenters. The number of nitrogens with one attached hydrogen (secondary N) is 1. The van der Waals surface area contributed by atoms with Gasteiger partial charge in [-0.05, 0) is 37.0 Å². The summed E-state index contributed by atoms with van der Waals surface area (Å²) in [7, 11) is 3.42. The van der Waals surface area contributed by atoms with E-state index in [-0.39, 0.29) is 0 Å². The van der Waals surface area contributed by atoms with Crippen LogP contribution < -0.4 is 14.4 Å². The summed E-state index contributed by atoms with van der Waals surface area (Å²) in [4.78, 5) is 1.72. The summed E-state index contributed by atoms with van der Waals surface area (Å²) in [6, 6.07) is 4.34. The third-order valence-electron chi connectivity index (χ3n) is 4.85. The lowest BCUT2D eigenvalue weighted by Gasteiger charge is -2.30. The fourth-order valence-electron chi connectivity index (χ4n) is 3.65. The molecule has 1 aromatic rings. The van der Waals surface area contributed by atoms with E-state index in [1.807, 2.05) is 0 Å². The van der Waals surface area contributed by atoms with Gasteiger partial charge in [0, 0.05) is 17.9 Å². The molecule has 0 spiro atoms. The van der Waals surface area contributed by atoms with E-state index in [0.717, 1.165) is 30.4 Å². The number of benzene rings is 1. The molecule has 1 heterocycles. The van der Waals surface area contributed by atoms with Crippen LogP contribution in [0.4, 0.5) is 0 Å². The van der Waals surface area contributed by atoms with Gasteiger partial charge in [0.05, 0.1) is 27.3 Å². The Morgan fingerprint density at radius 1 is 1.10 bits per heavy atom. The maximum Gasteiger partial charge on any atom is 0.161 e. The first kappa shape index (κ1) is 14.5. The van der Waals surface area contributed by atoms with E-state index < -0.39 is 0 Å². The molecule has 3 nitrogen and oxygen atoms in total. The highest BCUT2D eigenvalue weighted by molar-refractivity contribution is 5.47. The van der Waals surface area contributed by atoms with Crippen molar-refractivity contribution in [2.24, 2.45) is 5.92 Å². The van der Waals surface area contributed by atoms with Gasteiger partial charge in [0.1, 0.15) is 6.54 Å². The van der Waals surface area contributed by atoms with Gasteiger partial charge < -0.3 is 14.4 Å². The van der Waals surface area contributed by atoms with Crippen LogP contribution in [0.5, 0.6) is 11.5 Å². The summed E-state index contributed by atoms with van der Waals surface area (Å²) in [6.45, 7) is 3.66. The van der Waals surface area contributed by atoms with E-state index in [4.69, 9.17) is 9.47 Å². The van der Waals surface area contributed by atoms with Gasteiger partial charge in [-0.3, -0.25) is 0 Å². The largest absolute Gasteiger partial charge is 0.493 e. The van der Waals surface area contributed by atoms with Gasteiger partial charge in [0.2, 0.25) is 0 Å². The van der Waals surface area contributed by atoms with Crippen LogP contribution in [-0.2, 0) is 13.0 Å². The van der Waals surface area contributed by atoms with E-state index in [9.17, 15) is 0 Å². The normalized spacial score (nSPS) is 24.5. The van der Waals surface area contributed by atoms with Crippen LogP contribution >= 0.6 is 0 Å². The molecule has 2 aliphatic rings. The quantitative estimate of drug-likeness (QED) is 0.857. The first-order valence-corrected chi connectivity index (χ1v) is 8.02. The van der Waals surface area contributed by atoms with Crippen molar-refractivity contribution in [2.45, 2.75) is 32.2 Å². The molecule has 21 heavy (non-hydrogen) atoms. The fourth-order valence-corrected chi connectivity index (χ4v) is 3.65. The van der Waals surface area contributed by atoms with E-state index >= 15 is 0 Å². The van der Waals surface area contributed by atoms with Crippen molar-refractivity contribution < 1.29 is 14.4 Å². The van der Waals surface area contributed by atoms with Crippen LogP contribution in [0, 0.1) is 5.92 Å². The van der Waals surface area contributed by atoms with E-state index in [1.165, 1.54) is 43.5 Å². The third kappa shape index (κ3) is 3.24. The minimum Gasteiger partial charge on any atom is -0.493 e. The van der Waals surface area contributed by atoms with Gasteiger partial charge in [-0.2, -0.15) is 0 Å². The van der Waals surface area contributed by atoms with Gasteiger partial charge in [-0.1, -0.05) is 12.2 Å². The maximum atomic E-state index is 5.44. The average Bonchev–Trinajstić information content (AvgIpc) is 2.54. The van der Waals surface area contributed by atoms with Crippen molar-refractivity contribution in [1.82, 2.24) is 0 Å². The van der Waals surface area contributed by atoms with Gasteiger partial charge >= 0.3 is 0 Å². The minimum absolute atomic E-state index is 0.858. The summed E-state index contributed by atoms with van der Waals surface area (Å²) in [5.74, 6) is 2.59. The Morgan fingerprint density at radius 2 is 1.86 bits per heavy atom. The smallest absolute Gasteiger partial charge is 0.161 e. The number of allylic oxidation sites excluding steroid dienone is 2. The summed E-state index contributed by atoms with van der Waals surface area (Å²) >= 11 is 0. The summed E-state index contributed by atoms with van der Waals surface area (Å²) in [6.07, 6.45) is 9.72. The molecule has 1 unspecified atom stereocenters. The monoisotopic (exact) mass is 288 g/mol. The SMILES string of the molecule is COc1cc2c(cc1OC)C[NH+](C[C@@H]1CC=CCC1)CC2. The number of quaternary nitrogens is 1. The van der Waals surface area contributed by atoms with Crippen LogP contribution in [0.1, 0.15) is 30.4 Å². The van der Waals surface area contributed by atoms with Crippen molar-refractivity contribution in [2.75, 3.05) is 27.3 Å². The van der Waals surface area contributed by atoms with Gasteiger partial charge in [0.15, 0.2) is 11.5 Å². The zero-order valence-corrected chi connectivity index (χ0v) is 13.2. The predicted octanol–water partition coefficient (Wildman–Crippen LogP) is 2.00. The molecule has 0 fully saturated rings.